The van der Waals surface area contributed by atoms with Gasteiger partial charge >= 0.3 is 12.0 Å². The highest BCUT2D eigenvalue weighted by molar-refractivity contribution is 5.87. The number of rotatable bonds is 2. The zero-order chi connectivity index (χ0) is 9.14. The number of nitrogens with zero attached hydrogens (tertiary/aromatic N) is 1. The van der Waals surface area contributed by atoms with Crippen LogP contribution in [0, 0.1) is 0 Å². The van der Waals surface area contributed by atoms with Crippen LogP contribution >= 0.6 is 0 Å². The molecule has 0 radical (unpaired) electrons. The van der Waals surface area contributed by atoms with Gasteiger partial charge in [0.25, 0.3) is 0 Å². The first-order chi connectivity index (χ1) is 5.59. The van der Waals surface area contributed by atoms with Crippen molar-refractivity contribution in [1.29, 1.82) is 0 Å². The standard InChI is InChI=1S/C6H6N2O4/c1-3(9)8-6-7-2-4(12-6)5(10)11/h2H,1H3,(H,10,11)(H,7,8,9). The molecular formula is C6H6N2O4. The van der Waals surface area contributed by atoms with Crippen LogP contribution in [0.3, 0.4) is 0 Å². The molecule has 1 rings (SSSR count). The first kappa shape index (κ1) is 8.25. The summed E-state index contributed by atoms with van der Waals surface area (Å²) in [7, 11) is 0. The van der Waals surface area contributed by atoms with Crippen LogP contribution in [-0.4, -0.2) is 22.0 Å². The van der Waals surface area contributed by atoms with Gasteiger partial charge in [0.2, 0.25) is 11.7 Å². The van der Waals surface area contributed by atoms with E-state index in [1.54, 1.807) is 0 Å². The van der Waals surface area contributed by atoms with Crippen LogP contribution in [0.4, 0.5) is 6.01 Å². The third-order valence-electron chi connectivity index (χ3n) is 0.999. The summed E-state index contributed by atoms with van der Waals surface area (Å²) in [5, 5.41) is 10.6. The van der Waals surface area contributed by atoms with Crippen molar-refractivity contribution in [2.45, 2.75) is 6.92 Å². The summed E-state index contributed by atoms with van der Waals surface area (Å²) in [6.45, 7) is 1.27. The Kier molecular flexibility index (Phi) is 2.09. The SMILES string of the molecule is CC(=O)Nc1ncc(C(=O)O)o1. The van der Waals surface area contributed by atoms with Crippen LogP contribution in [0.5, 0.6) is 0 Å². The number of carboxylic acids is 1. The van der Waals surface area contributed by atoms with E-state index in [0.717, 1.165) is 6.20 Å². The molecular weight excluding hydrogens is 164 g/mol. The topological polar surface area (TPSA) is 92.4 Å². The Morgan fingerprint density at radius 2 is 2.33 bits per heavy atom. The van der Waals surface area contributed by atoms with E-state index >= 15 is 0 Å². The summed E-state index contributed by atoms with van der Waals surface area (Å²) < 4.78 is 4.61. The smallest absolute Gasteiger partial charge is 0.373 e. The molecule has 0 aliphatic carbocycles. The number of carbonyl (C=O) groups excluding carboxylic acids is 1. The molecule has 1 amide bonds. The van der Waals surface area contributed by atoms with Crippen LogP contribution in [-0.2, 0) is 4.79 Å². The van der Waals surface area contributed by atoms with Gasteiger partial charge in [0.15, 0.2) is 0 Å². The lowest BCUT2D eigenvalue weighted by Crippen LogP contribution is -2.05. The molecule has 2 N–H and O–H groups in total. The zero-order valence-electron chi connectivity index (χ0n) is 6.20. The molecule has 12 heavy (non-hydrogen) atoms. The molecule has 0 spiro atoms. The highest BCUT2D eigenvalue weighted by atomic mass is 16.4. The number of aromatic carboxylic acids is 1. The van der Waals surface area contributed by atoms with E-state index in [1.807, 2.05) is 0 Å². The fourth-order valence-corrected chi connectivity index (χ4v) is 0.581. The van der Waals surface area contributed by atoms with Crippen molar-refractivity contribution in [2.24, 2.45) is 0 Å². The van der Waals surface area contributed by atoms with E-state index < -0.39 is 5.97 Å². The predicted molar refractivity (Wildman–Crippen MR) is 37.8 cm³/mol. The summed E-state index contributed by atoms with van der Waals surface area (Å²) in [5.74, 6) is -1.90. The maximum Gasteiger partial charge on any atom is 0.373 e. The summed E-state index contributed by atoms with van der Waals surface area (Å²) >= 11 is 0. The number of hydrogen-bond donors (Lipinski definition) is 2. The summed E-state index contributed by atoms with van der Waals surface area (Å²) in [6.07, 6.45) is 1.02. The number of carboxylic acid groups (broad SMARTS) is 1. The average molecular weight is 170 g/mol. The number of oxazole rings is 1. The quantitative estimate of drug-likeness (QED) is 0.667. The van der Waals surface area contributed by atoms with Gasteiger partial charge in [0.1, 0.15) is 0 Å². The summed E-state index contributed by atoms with van der Waals surface area (Å²) in [5.41, 5.74) is 0. The van der Waals surface area contributed by atoms with Crippen molar-refractivity contribution >= 4 is 17.9 Å². The molecule has 6 nitrogen and oxygen atoms in total. The molecule has 1 heterocycles. The second kappa shape index (κ2) is 3.04. The Morgan fingerprint density at radius 1 is 1.67 bits per heavy atom. The predicted octanol–water partition coefficient (Wildman–Crippen LogP) is 0.331. The zero-order valence-corrected chi connectivity index (χ0v) is 6.20. The largest absolute Gasteiger partial charge is 0.475 e. The van der Waals surface area contributed by atoms with Gasteiger partial charge in [0, 0.05) is 6.92 Å². The number of nitrogens with one attached hydrogen (secondary N) is 1. The molecule has 0 saturated carbocycles. The maximum absolute atomic E-state index is 10.4. The van der Waals surface area contributed by atoms with Gasteiger partial charge in [-0.15, -0.1) is 0 Å². The van der Waals surface area contributed by atoms with Gasteiger partial charge in [-0.3, -0.25) is 10.1 Å². The first-order valence-corrected chi connectivity index (χ1v) is 3.06. The highest BCUT2D eigenvalue weighted by Gasteiger charge is 2.10. The second-order valence-corrected chi connectivity index (χ2v) is 2.02. The van der Waals surface area contributed by atoms with Crippen molar-refractivity contribution in [1.82, 2.24) is 4.98 Å². The molecule has 0 aliphatic rings. The summed E-state index contributed by atoms with van der Waals surface area (Å²) in [4.78, 5) is 24.2. The molecule has 64 valence electrons. The van der Waals surface area contributed by atoms with Crippen LogP contribution < -0.4 is 5.32 Å². The molecule has 1 aromatic heterocycles. The normalized spacial score (nSPS) is 9.42. The van der Waals surface area contributed by atoms with Crippen molar-refractivity contribution in [3.8, 4) is 0 Å². The van der Waals surface area contributed by atoms with Gasteiger partial charge in [-0.05, 0) is 0 Å². The molecule has 0 aliphatic heterocycles. The number of hydrogen-bond acceptors (Lipinski definition) is 4. The number of amides is 1. The summed E-state index contributed by atoms with van der Waals surface area (Å²) in [6, 6.07) is -0.111. The lowest BCUT2D eigenvalue weighted by atomic mass is 10.5. The molecule has 0 bridgehead atoms. The third kappa shape index (κ3) is 1.82. The fourth-order valence-electron chi connectivity index (χ4n) is 0.581. The molecule has 0 unspecified atom stereocenters. The van der Waals surface area contributed by atoms with E-state index in [4.69, 9.17) is 5.11 Å². The Hall–Kier alpha value is -1.85. The van der Waals surface area contributed by atoms with E-state index in [1.165, 1.54) is 6.92 Å². The Bertz CT molecular complexity index is 317. The monoisotopic (exact) mass is 170 g/mol. The van der Waals surface area contributed by atoms with Crippen molar-refractivity contribution < 1.29 is 19.1 Å². The van der Waals surface area contributed by atoms with Gasteiger partial charge in [-0.25, -0.2) is 9.78 Å². The lowest BCUT2D eigenvalue weighted by Gasteiger charge is -1.91. The average Bonchev–Trinajstić information content (AvgIpc) is 2.34. The highest BCUT2D eigenvalue weighted by Crippen LogP contribution is 2.07. The van der Waals surface area contributed by atoms with E-state index in [0.29, 0.717) is 0 Å². The molecule has 6 heteroatoms. The molecule has 1 aromatic rings. The Morgan fingerprint density at radius 3 is 2.75 bits per heavy atom. The van der Waals surface area contributed by atoms with E-state index in [9.17, 15) is 9.59 Å². The molecule has 0 atom stereocenters. The van der Waals surface area contributed by atoms with Gasteiger partial charge in [0.05, 0.1) is 6.20 Å². The van der Waals surface area contributed by atoms with E-state index in [2.05, 4.69) is 14.7 Å². The molecule has 0 fully saturated rings. The van der Waals surface area contributed by atoms with Crippen molar-refractivity contribution in [3.05, 3.63) is 12.0 Å². The lowest BCUT2D eigenvalue weighted by molar-refractivity contribution is -0.114. The Labute approximate surface area is 67.2 Å². The van der Waals surface area contributed by atoms with Gasteiger partial charge in [-0.2, -0.15) is 0 Å². The van der Waals surface area contributed by atoms with Crippen molar-refractivity contribution in [2.75, 3.05) is 5.32 Å². The minimum atomic E-state index is -1.22. The van der Waals surface area contributed by atoms with E-state index in [-0.39, 0.29) is 17.7 Å². The molecule has 0 saturated heterocycles. The number of anilines is 1. The van der Waals surface area contributed by atoms with Gasteiger partial charge in [-0.1, -0.05) is 0 Å². The van der Waals surface area contributed by atoms with Crippen LogP contribution in [0.2, 0.25) is 0 Å². The first-order valence-electron chi connectivity index (χ1n) is 3.06. The van der Waals surface area contributed by atoms with Gasteiger partial charge < -0.3 is 9.52 Å². The Balaban J connectivity index is 2.77. The second-order valence-electron chi connectivity index (χ2n) is 2.02. The van der Waals surface area contributed by atoms with Crippen LogP contribution in [0.25, 0.3) is 0 Å². The van der Waals surface area contributed by atoms with Crippen LogP contribution in [0.15, 0.2) is 10.6 Å². The third-order valence-corrected chi connectivity index (χ3v) is 0.999. The van der Waals surface area contributed by atoms with Crippen LogP contribution in [0.1, 0.15) is 17.5 Å². The maximum atomic E-state index is 10.4. The fraction of sp³-hybridized carbons (Fsp3) is 0.167. The minimum absolute atomic E-state index is 0.111. The molecule has 0 aromatic carbocycles. The number of carbonyl (C=O) groups is 2. The number of aromatic nitrogens is 1. The van der Waals surface area contributed by atoms with Crippen molar-refractivity contribution in [3.63, 3.8) is 0 Å². The minimum Gasteiger partial charge on any atom is -0.475 e.